The number of nitrogens with two attached hydrogens (primary N) is 2. The van der Waals surface area contributed by atoms with E-state index in [0.29, 0.717) is 39.6 Å². The molecule has 7 aromatic carbocycles. The van der Waals surface area contributed by atoms with Gasteiger partial charge in [0.2, 0.25) is 31.9 Å². The van der Waals surface area contributed by atoms with E-state index in [-0.39, 0.29) is 15.7 Å². The molecule has 2 aromatic heterocycles. The number of hydrogen-bond donors (Lipinski definition) is 5. The van der Waals surface area contributed by atoms with E-state index >= 15 is 0 Å². The third-order valence-electron chi connectivity index (χ3n) is 16.1. The Hall–Kier alpha value is -6.46. The van der Waals surface area contributed by atoms with Crippen molar-refractivity contribution in [2.24, 2.45) is 5.73 Å². The molecular formula is C68H83Br2ClN14O6S3. The molecule has 0 unspecified atom stereocenters. The molecule has 0 saturated carbocycles. The summed E-state index contributed by atoms with van der Waals surface area (Å²) in [5, 5.41) is 19.8. The summed E-state index contributed by atoms with van der Waals surface area (Å²) in [4.78, 5) is 16.5. The number of benzene rings is 7. The van der Waals surface area contributed by atoms with E-state index < -0.39 is 29.1 Å². The molecule has 3 aliphatic heterocycles. The van der Waals surface area contributed by atoms with E-state index in [2.05, 4.69) is 168 Å². The van der Waals surface area contributed by atoms with Crippen LogP contribution in [0.4, 0.5) is 17.6 Å². The normalized spacial score (nSPS) is 14.5. The van der Waals surface area contributed by atoms with Crippen molar-refractivity contribution in [1.82, 2.24) is 54.5 Å². The van der Waals surface area contributed by atoms with Gasteiger partial charge in [0.1, 0.15) is 11.0 Å². The summed E-state index contributed by atoms with van der Waals surface area (Å²) in [5.41, 5.74) is 26.2. The summed E-state index contributed by atoms with van der Waals surface area (Å²) in [7, 11) is -5.50. The number of rotatable bonds is 17. The molecule has 0 bridgehead atoms. The molecule has 3 aliphatic rings. The van der Waals surface area contributed by atoms with Gasteiger partial charge in [0.25, 0.3) is 9.05 Å². The molecule has 26 heteroatoms. The van der Waals surface area contributed by atoms with Crippen LogP contribution < -0.4 is 26.2 Å². The molecule has 0 atom stereocenters. The molecule has 5 heterocycles. The van der Waals surface area contributed by atoms with Crippen LogP contribution >= 0.6 is 42.5 Å². The van der Waals surface area contributed by atoms with Gasteiger partial charge in [-0.25, -0.2) is 44.7 Å². The van der Waals surface area contributed by atoms with Crippen LogP contribution in [-0.2, 0) is 29.1 Å². The molecule has 3 fully saturated rings. The van der Waals surface area contributed by atoms with Crippen LogP contribution in [0.2, 0.25) is 0 Å². The highest BCUT2D eigenvalue weighted by molar-refractivity contribution is 9.10. The fourth-order valence-electron chi connectivity index (χ4n) is 11.5. The first-order valence-electron chi connectivity index (χ1n) is 31.3. The van der Waals surface area contributed by atoms with Crippen molar-refractivity contribution in [2.75, 3.05) is 89.6 Å². The minimum Gasteiger partial charge on any atom is -0.366 e. The van der Waals surface area contributed by atoms with Gasteiger partial charge in [-0.2, -0.15) is 0 Å². The van der Waals surface area contributed by atoms with Gasteiger partial charge in [-0.15, -0.1) is 20.4 Å². The van der Waals surface area contributed by atoms with Crippen molar-refractivity contribution in [3.8, 4) is 22.3 Å². The first kappa shape index (κ1) is 73.4. The van der Waals surface area contributed by atoms with Crippen molar-refractivity contribution in [3.63, 3.8) is 0 Å². The number of likely N-dealkylation sites (tertiary alicyclic amines) is 3. The van der Waals surface area contributed by atoms with Crippen molar-refractivity contribution >= 4 is 111 Å². The lowest BCUT2D eigenvalue weighted by Crippen LogP contribution is -2.33. The molecule has 7 N–H and O–H groups in total. The Kier molecular flexibility index (Phi) is 26.9. The summed E-state index contributed by atoms with van der Waals surface area (Å²) in [6.45, 7) is 23.6. The molecule has 20 nitrogen and oxygen atoms in total. The Balaban J connectivity index is 0.000000167. The molecule has 12 rings (SSSR count). The number of aromatic nitrogens is 6. The minimum atomic E-state index is -3.62. The predicted molar refractivity (Wildman–Crippen MR) is 386 cm³/mol. The standard InChI is InChI=1S/C28H32N6O2S.C16H16N4.C12H17BrN2O2S.C6H4BrClO2S.C6H14N2/c1-19-8-6-9-20(2)26(19)22-16-21(3)27-25(17-22)32-33-28(31-27)30-23-10-7-11-24(18-23)37(35,36)29-12-15-34-13-4-5-14-34;1-9-5-4-6-10(2)14(9)12-7-11(3)15-13(8-12)19-20-16(17)18-15;13-11-4-3-5-12(10-11)18(16,17)14-6-9-15-7-1-2-8-15;7-5-2-1-3-6(4-5)11(8,9)10;7-3-6-8-4-1-2-5-8/h6-11,16-18,29H,4-5,12-15H2,1-3H3,(H,30,31,33);4-8H,1-3H3,(H2,17,18,20);3-5,10,14H,1-2,6-9H2;1-4H;1-7H2. The third-order valence-corrected chi connectivity index (χ3v) is 21.4. The second-order valence-electron chi connectivity index (χ2n) is 23.4. The summed E-state index contributed by atoms with van der Waals surface area (Å²) in [6, 6.07) is 40.5. The molecule has 9 aromatic rings. The van der Waals surface area contributed by atoms with Crippen LogP contribution in [-0.4, -0.2) is 149 Å². The fourth-order valence-corrected chi connectivity index (χ4v) is 15.5. The van der Waals surface area contributed by atoms with Crippen molar-refractivity contribution in [2.45, 2.75) is 94.8 Å². The summed E-state index contributed by atoms with van der Waals surface area (Å²) in [6.07, 6.45) is 7.55. The molecule has 3 saturated heterocycles. The van der Waals surface area contributed by atoms with E-state index in [9.17, 15) is 25.3 Å². The van der Waals surface area contributed by atoms with Crippen LogP contribution in [0.5, 0.6) is 0 Å². The molecule has 0 spiro atoms. The van der Waals surface area contributed by atoms with Crippen molar-refractivity contribution in [1.29, 1.82) is 0 Å². The molecule has 0 aliphatic carbocycles. The molecule has 0 amide bonds. The summed E-state index contributed by atoms with van der Waals surface area (Å²) in [5.74, 6) is 0.521. The zero-order valence-electron chi connectivity index (χ0n) is 53.9. The SMILES string of the molecule is Cc1cccc(C)c1-c1cc(C)c2nc(N)nnc2c1.Cc1cccc(C)c1-c1cc(C)c2nc(Nc3cccc(S(=O)(=O)NCCN4CCCC4)c3)nnc2c1.NCCN1CCCC1.O=S(=O)(Cl)c1cccc(Br)c1.O=S(=O)(NCCN1CCCC1)c1cccc(Br)c1. The molecular weight excluding hydrogens is 1400 g/mol. The fraction of sp³-hybridized carbons (Fsp3) is 0.353. The number of nitrogens with zero attached hydrogens (tertiary/aromatic N) is 9. The zero-order valence-corrected chi connectivity index (χ0v) is 60.3. The number of nitrogens with one attached hydrogen (secondary N) is 3. The van der Waals surface area contributed by atoms with Gasteiger partial charge < -0.3 is 31.5 Å². The van der Waals surface area contributed by atoms with Gasteiger partial charge in [0.05, 0.1) is 25.7 Å². The van der Waals surface area contributed by atoms with Crippen LogP contribution in [0.3, 0.4) is 0 Å². The minimum absolute atomic E-state index is 0.105. The first-order valence-corrected chi connectivity index (χ1v) is 38.1. The van der Waals surface area contributed by atoms with E-state index in [1.165, 1.54) is 97.1 Å². The predicted octanol–water partition coefficient (Wildman–Crippen LogP) is 12.2. The highest BCUT2D eigenvalue weighted by Gasteiger charge is 2.20. The lowest BCUT2D eigenvalue weighted by atomic mass is 9.94. The summed E-state index contributed by atoms with van der Waals surface area (Å²) < 4.78 is 77.9. The number of nitrogen functional groups attached to an aromatic ring is 1. The Morgan fingerprint density at radius 2 is 0.862 bits per heavy atom. The van der Waals surface area contributed by atoms with Gasteiger partial charge in [-0.1, -0.05) is 86.5 Å². The zero-order chi connectivity index (χ0) is 67.6. The van der Waals surface area contributed by atoms with E-state index in [1.54, 1.807) is 54.6 Å². The highest BCUT2D eigenvalue weighted by atomic mass is 79.9. The number of hydrogen-bond acceptors (Lipinski definition) is 18. The Bertz CT molecular complexity index is 4370. The Labute approximate surface area is 574 Å². The van der Waals surface area contributed by atoms with Crippen molar-refractivity contribution < 1.29 is 25.3 Å². The maximum atomic E-state index is 12.8. The quantitative estimate of drug-likeness (QED) is 0.0530. The average Bonchev–Trinajstić information content (AvgIpc) is 1.05. The smallest absolute Gasteiger partial charge is 0.261 e. The average molecular weight is 1480 g/mol. The van der Waals surface area contributed by atoms with Gasteiger partial charge >= 0.3 is 0 Å². The number of anilines is 3. The lowest BCUT2D eigenvalue weighted by molar-refractivity contribution is 0.344. The summed E-state index contributed by atoms with van der Waals surface area (Å²) >= 11 is 6.41. The monoisotopic (exact) mass is 1480 g/mol. The lowest BCUT2D eigenvalue weighted by Gasteiger charge is -2.15. The Morgan fingerprint density at radius 3 is 1.30 bits per heavy atom. The van der Waals surface area contributed by atoms with Gasteiger partial charge in [0, 0.05) is 64.6 Å². The molecule has 94 heavy (non-hydrogen) atoms. The second kappa shape index (κ2) is 34.5. The largest absolute Gasteiger partial charge is 0.366 e. The van der Waals surface area contributed by atoms with Crippen LogP contribution in [0.1, 0.15) is 71.9 Å². The first-order chi connectivity index (χ1) is 44.9. The molecule has 500 valence electrons. The van der Waals surface area contributed by atoms with Crippen LogP contribution in [0.15, 0.2) is 157 Å². The number of sulfonamides is 2. The van der Waals surface area contributed by atoms with Gasteiger partial charge in [0.15, 0.2) is 0 Å². The highest BCUT2D eigenvalue weighted by Crippen LogP contribution is 2.33. The third kappa shape index (κ3) is 21.3. The van der Waals surface area contributed by atoms with E-state index in [1.807, 2.05) is 32.0 Å². The Morgan fingerprint density at radius 1 is 0.468 bits per heavy atom. The van der Waals surface area contributed by atoms with E-state index in [4.69, 9.17) is 22.1 Å². The maximum Gasteiger partial charge on any atom is 0.261 e. The van der Waals surface area contributed by atoms with Crippen molar-refractivity contribution in [3.05, 3.63) is 176 Å². The van der Waals surface area contributed by atoms with Gasteiger partial charge in [-0.3, -0.25) is 0 Å². The van der Waals surface area contributed by atoms with Gasteiger partial charge in [-0.05, 0) is 254 Å². The van der Waals surface area contributed by atoms with E-state index in [0.717, 1.165) is 95.6 Å². The van der Waals surface area contributed by atoms with Crippen LogP contribution in [0, 0.1) is 41.5 Å². The number of halogens is 3. The topological polar surface area (TPSA) is 278 Å². The van der Waals surface area contributed by atoms with Crippen LogP contribution in [0.25, 0.3) is 44.3 Å². The second-order valence-corrected chi connectivity index (χ2v) is 31.3. The maximum absolute atomic E-state index is 12.8. The number of aryl methyl sites for hydroxylation is 6. The molecule has 0 radical (unpaired) electrons. The number of fused-ring (bicyclic) bond motifs is 2.